The number of rotatable bonds is 1. The highest BCUT2D eigenvalue weighted by Crippen LogP contribution is 2.26. The van der Waals surface area contributed by atoms with Gasteiger partial charge in [-0.3, -0.25) is 0 Å². The Morgan fingerprint density at radius 3 is 1.88 bits per heavy atom. The smallest absolute Gasteiger partial charge is 0.170 e. The Hall–Kier alpha value is 0.560. The summed E-state index contributed by atoms with van der Waals surface area (Å²) in [7, 11) is 0. The van der Waals surface area contributed by atoms with Crippen molar-refractivity contribution >= 4 is 27.5 Å². The van der Waals surface area contributed by atoms with E-state index >= 15 is 0 Å². The van der Waals surface area contributed by atoms with Gasteiger partial charge in [-0.1, -0.05) is 15.9 Å². The van der Waals surface area contributed by atoms with Gasteiger partial charge >= 0.3 is 6.18 Å². The predicted molar refractivity (Wildman–Crippen MR) is 29.5 cm³/mol. The molecule has 0 nitrogen and oxygen atoms in total. The summed E-state index contributed by atoms with van der Waals surface area (Å²) in [5.41, 5.74) is 0. The lowest BCUT2D eigenvalue weighted by Gasteiger charge is -2.08. The lowest BCUT2D eigenvalue weighted by molar-refractivity contribution is -0.123. The first kappa shape index (κ1) is 8.56. The van der Waals surface area contributed by atoms with Crippen LogP contribution in [0.2, 0.25) is 0 Å². The molecule has 50 valence electrons. The monoisotopic (exact) mass is 210 g/mol. The first-order valence-corrected chi connectivity index (χ1v) is 3.20. The summed E-state index contributed by atoms with van der Waals surface area (Å²) in [6.45, 7) is 0. The maximum atomic E-state index is 11.3. The quantitative estimate of drug-likeness (QED) is 0.585. The number of alkyl halides is 5. The third-order valence-corrected chi connectivity index (χ3v) is 2.01. The highest BCUT2D eigenvalue weighted by molar-refractivity contribution is 9.09. The Balaban J connectivity index is 3.62. The molecule has 0 bridgehead atoms. The van der Waals surface area contributed by atoms with Crippen LogP contribution in [0.4, 0.5) is 13.2 Å². The average molecular weight is 211 g/mol. The van der Waals surface area contributed by atoms with E-state index in [1.165, 1.54) is 0 Å². The highest BCUT2D eigenvalue weighted by Gasteiger charge is 2.36. The van der Waals surface area contributed by atoms with Gasteiger partial charge in [0.25, 0.3) is 0 Å². The SMILES string of the molecule is FC(F)(F)C(Br)CCl. The minimum absolute atomic E-state index is 0.441. The second-order valence-corrected chi connectivity index (χ2v) is 2.58. The van der Waals surface area contributed by atoms with Crippen molar-refractivity contribution in [1.82, 2.24) is 0 Å². The van der Waals surface area contributed by atoms with Gasteiger partial charge < -0.3 is 0 Å². The van der Waals surface area contributed by atoms with E-state index in [0.29, 0.717) is 0 Å². The molecule has 0 amide bonds. The van der Waals surface area contributed by atoms with Crippen molar-refractivity contribution in [1.29, 1.82) is 0 Å². The Bertz CT molecular complexity index is 71.4. The molecule has 0 aliphatic rings. The standard InChI is InChI=1S/C3H3BrClF3/c4-2(1-5)3(6,7)8/h2H,1H2. The fourth-order valence-corrected chi connectivity index (χ4v) is 0.262. The third-order valence-electron chi connectivity index (χ3n) is 0.491. The maximum Gasteiger partial charge on any atom is 0.402 e. The molecule has 0 aromatic carbocycles. The predicted octanol–water partition coefficient (Wildman–Crippen LogP) is 2.55. The fraction of sp³-hybridized carbons (Fsp3) is 1.00. The van der Waals surface area contributed by atoms with E-state index in [2.05, 4.69) is 15.9 Å². The fourth-order valence-electron chi connectivity index (χ4n) is 0.0875. The number of hydrogen-bond donors (Lipinski definition) is 0. The summed E-state index contributed by atoms with van der Waals surface area (Å²) in [5.74, 6) is -0.441. The molecule has 0 fully saturated rings. The molecule has 0 N–H and O–H groups in total. The van der Waals surface area contributed by atoms with E-state index in [1.54, 1.807) is 0 Å². The van der Waals surface area contributed by atoms with Crippen LogP contribution >= 0.6 is 27.5 Å². The van der Waals surface area contributed by atoms with Crippen LogP contribution < -0.4 is 0 Å². The van der Waals surface area contributed by atoms with Gasteiger partial charge in [0.2, 0.25) is 0 Å². The van der Waals surface area contributed by atoms with Gasteiger partial charge in [0, 0.05) is 5.88 Å². The van der Waals surface area contributed by atoms with E-state index in [4.69, 9.17) is 11.6 Å². The summed E-state index contributed by atoms with van der Waals surface area (Å²) in [4.78, 5) is -1.57. The molecular formula is C3H3BrClF3. The molecule has 0 spiro atoms. The Morgan fingerprint density at radius 2 is 1.88 bits per heavy atom. The summed E-state index contributed by atoms with van der Waals surface area (Å²) in [6.07, 6.45) is -4.21. The van der Waals surface area contributed by atoms with E-state index in [9.17, 15) is 13.2 Å². The molecule has 5 heteroatoms. The zero-order valence-electron chi connectivity index (χ0n) is 3.67. The van der Waals surface area contributed by atoms with Gasteiger partial charge in [-0.05, 0) is 0 Å². The van der Waals surface area contributed by atoms with Crippen LogP contribution in [0.1, 0.15) is 0 Å². The molecule has 0 saturated carbocycles. The molecule has 1 unspecified atom stereocenters. The molecule has 1 atom stereocenters. The molecule has 0 aliphatic heterocycles. The molecule has 0 aliphatic carbocycles. The minimum atomic E-state index is -4.21. The molecule has 0 aromatic heterocycles. The molecule has 0 radical (unpaired) electrons. The van der Waals surface area contributed by atoms with Gasteiger partial charge in [0.05, 0.1) is 0 Å². The van der Waals surface area contributed by atoms with Crippen molar-refractivity contribution < 1.29 is 13.2 Å². The van der Waals surface area contributed by atoms with Crippen molar-refractivity contribution in [2.75, 3.05) is 5.88 Å². The number of halogens is 5. The summed E-state index contributed by atoms with van der Waals surface area (Å²) in [6, 6.07) is 0. The van der Waals surface area contributed by atoms with Crippen molar-refractivity contribution in [3.63, 3.8) is 0 Å². The van der Waals surface area contributed by atoms with Crippen LogP contribution in [-0.2, 0) is 0 Å². The summed E-state index contributed by atoms with van der Waals surface area (Å²) in [5, 5.41) is 0. The topological polar surface area (TPSA) is 0 Å². The van der Waals surface area contributed by atoms with E-state index in [0.717, 1.165) is 0 Å². The van der Waals surface area contributed by atoms with E-state index < -0.39 is 16.9 Å². The molecule has 0 saturated heterocycles. The van der Waals surface area contributed by atoms with Gasteiger partial charge in [0.1, 0.15) is 4.83 Å². The summed E-state index contributed by atoms with van der Waals surface area (Å²) < 4.78 is 34.0. The largest absolute Gasteiger partial charge is 0.402 e. The van der Waals surface area contributed by atoms with E-state index in [1.807, 2.05) is 0 Å². The second-order valence-electron chi connectivity index (χ2n) is 1.16. The Morgan fingerprint density at radius 1 is 1.50 bits per heavy atom. The van der Waals surface area contributed by atoms with Crippen LogP contribution in [0, 0.1) is 0 Å². The average Bonchev–Trinajstić information content (AvgIpc) is 1.62. The van der Waals surface area contributed by atoms with Crippen LogP contribution in [-0.4, -0.2) is 16.9 Å². The van der Waals surface area contributed by atoms with Gasteiger partial charge in [0.15, 0.2) is 0 Å². The van der Waals surface area contributed by atoms with Crippen LogP contribution in [0.25, 0.3) is 0 Å². The molecular weight excluding hydrogens is 208 g/mol. The Kier molecular flexibility index (Phi) is 3.12. The van der Waals surface area contributed by atoms with Gasteiger partial charge in [-0.15, -0.1) is 11.6 Å². The van der Waals surface area contributed by atoms with Crippen molar-refractivity contribution in [2.24, 2.45) is 0 Å². The highest BCUT2D eigenvalue weighted by atomic mass is 79.9. The van der Waals surface area contributed by atoms with E-state index in [-0.39, 0.29) is 0 Å². The zero-order valence-corrected chi connectivity index (χ0v) is 6.02. The first-order valence-electron chi connectivity index (χ1n) is 1.75. The summed E-state index contributed by atoms with van der Waals surface area (Å²) >= 11 is 7.21. The van der Waals surface area contributed by atoms with Crippen molar-refractivity contribution in [2.45, 2.75) is 11.0 Å². The van der Waals surface area contributed by atoms with Gasteiger partial charge in [-0.2, -0.15) is 13.2 Å². The minimum Gasteiger partial charge on any atom is -0.170 e. The van der Waals surface area contributed by atoms with Crippen molar-refractivity contribution in [3.8, 4) is 0 Å². The first-order chi connectivity index (χ1) is 3.48. The lowest BCUT2D eigenvalue weighted by Crippen LogP contribution is -2.23. The molecule has 0 rings (SSSR count). The van der Waals surface area contributed by atoms with Crippen LogP contribution in [0.3, 0.4) is 0 Å². The second kappa shape index (κ2) is 2.92. The van der Waals surface area contributed by atoms with Crippen LogP contribution in [0.15, 0.2) is 0 Å². The third kappa shape index (κ3) is 2.77. The number of hydrogen-bond acceptors (Lipinski definition) is 0. The molecule has 8 heavy (non-hydrogen) atoms. The Labute approximate surface area is 58.1 Å². The zero-order chi connectivity index (χ0) is 6.78. The van der Waals surface area contributed by atoms with Gasteiger partial charge in [-0.25, -0.2) is 0 Å². The maximum absolute atomic E-state index is 11.3. The molecule has 0 heterocycles. The lowest BCUT2D eigenvalue weighted by atomic mass is 10.5. The van der Waals surface area contributed by atoms with Crippen LogP contribution in [0.5, 0.6) is 0 Å². The normalized spacial score (nSPS) is 16.1. The van der Waals surface area contributed by atoms with Crippen molar-refractivity contribution in [3.05, 3.63) is 0 Å². The molecule has 0 aromatic rings.